The van der Waals surface area contributed by atoms with Crippen molar-refractivity contribution in [2.75, 3.05) is 26.2 Å². The van der Waals surface area contributed by atoms with Crippen LogP contribution in [0.4, 0.5) is 4.79 Å². The van der Waals surface area contributed by atoms with Crippen molar-refractivity contribution in [1.29, 1.82) is 0 Å². The Morgan fingerprint density at radius 3 is 2.33 bits per heavy atom. The minimum atomic E-state index is -0.855. The first kappa shape index (κ1) is 18.5. The van der Waals surface area contributed by atoms with Crippen molar-refractivity contribution in [3.05, 3.63) is 0 Å². The van der Waals surface area contributed by atoms with Crippen LogP contribution in [0.5, 0.6) is 0 Å². The topological polar surface area (TPSA) is 87.7 Å². The molecule has 1 heterocycles. The van der Waals surface area contributed by atoms with Crippen molar-refractivity contribution in [1.82, 2.24) is 15.5 Å². The van der Waals surface area contributed by atoms with Gasteiger partial charge in [0.1, 0.15) is 5.41 Å². The molecule has 0 aromatic carbocycles. The van der Waals surface area contributed by atoms with Crippen molar-refractivity contribution >= 4 is 17.9 Å². The zero-order chi connectivity index (χ0) is 17.6. The molecule has 2 fully saturated rings. The maximum Gasteiger partial charge on any atom is 0.409 e. The van der Waals surface area contributed by atoms with Crippen molar-refractivity contribution < 1.29 is 19.1 Å². The Hall–Kier alpha value is -1.79. The quantitative estimate of drug-likeness (QED) is 0.542. The van der Waals surface area contributed by atoms with Gasteiger partial charge < -0.3 is 20.3 Å². The summed E-state index contributed by atoms with van der Waals surface area (Å²) >= 11 is 0. The number of ether oxygens (including phenoxy) is 1. The van der Waals surface area contributed by atoms with Gasteiger partial charge in [-0.2, -0.15) is 0 Å². The maximum absolute atomic E-state index is 12.5. The predicted molar refractivity (Wildman–Crippen MR) is 89.3 cm³/mol. The Kier molecular flexibility index (Phi) is 6.45. The Labute approximate surface area is 143 Å². The molecule has 0 aromatic heterocycles. The second-order valence-electron chi connectivity index (χ2n) is 6.63. The number of carbonyl (C=O) groups excluding carboxylic acids is 3. The van der Waals surface area contributed by atoms with Gasteiger partial charge in [0.05, 0.1) is 6.61 Å². The molecule has 1 saturated carbocycles. The number of rotatable bonds is 7. The molecule has 0 spiro atoms. The third-order valence-electron chi connectivity index (χ3n) is 4.79. The van der Waals surface area contributed by atoms with Gasteiger partial charge in [0.2, 0.25) is 11.8 Å². The van der Waals surface area contributed by atoms with Crippen LogP contribution in [-0.2, 0) is 14.3 Å². The van der Waals surface area contributed by atoms with E-state index in [0.717, 1.165) is 12.8 Å². The second kappa shape index (κ2) is 8.35. The van der Waals surface area contributed by atoms with Gasteiger partial charge in [-0.05, 0) is 39.0 Å². The number of nitrogens with zero attached hydrogens (tertiary/aromatic N) is 1. The van der Waals surface area contributed by atoms with Crippen LogP contribution in [0, 0.1) is 5.41 Å². The number of unbranched alkanes of at least 4 members (excludes halogenated alkanes) is 1. The van der Waals surface area contributed by atoms with Gasteiger partial charge >= 0.3 is 6.09 Å². The molecule has 1 aliphatic heterocycles. The van der Waals surface area contributed by atoms with Crippen LogP contribution in [0.3, 0.4) is 0 Å². The first-order valence-electron chi connectivity index (χ1n) is 9.04. The molecule has 0 radical (unpaired) electrons. The summed E-state index contributed by atoms with van der Waals surface area (Å²) in [6.45, 7) is 5.98. The number of amides is 3. The summed E-state index contributed by atoms with van der Waals surface area (Å²) in [4.78, 5) is 38.1. The van der Waals surface area contributed by atoms with E-state index < -0.39 is 5.41 Å². The van der Waals surface area contributed by atoms with Gasteiger partial charge in [0, 0.05) is 25.7 Å². The Morgan fingerprint density at radius 2 is 1.79 bits per heavy atom. The third-order valence-corrected chi connectivity index (χ3v) is 4.79. The van der Waals surface area contributed by atoms with Crippen LogP contribution in [0.1, 0.15) is 52.4 Å². The highest BCUT2D eigenvalue weighted by atomic mass is 16.6. The third kappa shape index (κ3) is 4.39. The summed E-state index contributed by atoms with van der Waals surface area (Å²) in [6.07, 6.45) is 4.28. The summed E-state index contributed by atoms with van der Waals surface area (Å²) in [6, 6.07) is 0.0177. The van der Waals surface area contributed by atoms with Crippen LogP contribution in [0.2, 0.25) is 0 Å². The van der Waals surface area contributed by atoms with Crippen LogP contribution < -0.4 is 10.6 Å². The van der Waals surface area contributed by atoms with Gasteiger partial charge in [-0.25, -0.2) is 4.79 Å². The van der Waals surface area contributed by atoms with Gasteiger partial charge in [-0.1, -0.05) is 13.3 Å². The monoisotopic (exact) mass is 339 g/mol. The molecule has 0 aromatic rings. The molecule has 0 atom stereocenters. The van der Waals surface area contributed by atoms with Crippen LogP contribution >= 0.6 is 0 Å². The van der Waals surface area contributed by atoms with E-state index in [1.54, 1.807) is 11.8 Å². The van der Waals surface area contributed by atoms with E-state index in [1.165, 1.54) is 0 Å². The molecule has 24 heavy (non-hydrogen) atoms. The minimum Gasteiger partial charge on any atom is -0.450 e. The molecule has 1 saturated heterocycles. The predicted octanol–water partition coefficient (Wildman–Crippen LogP) is 1.42. The summed E-state index contributed by atoms with van der Waals surface area (Å²) in [7, 11) is 0. The van der Waals surface area contributed by atoms with Crippen molar-refractivity contribution in [3.63, 3.8) is 0 Å². The Morgan fingerprint density at radius 1 is 1.12 bits per heavy atom. The van der Waals surface area contributed by atoms with Crippen LogP contribution in [0.25, 0.3) is 0 Å². The molecule has 1 aliphatic carbocycles. The smallest absolute Gasteiger partial charge is 0.409 e. The highest BCUT2D eigenvalue weighted by molar-refractivity contribution is 6.07. The summed E-state index contributed by atoms with van der Waals surface area (Å²) < 4.78 is 4.99. The van der Waals surface area contributed by atoms with Crippen molar-refractivity contribution in [2.24, 2.45) is 5.41 Å². The second-order valence-corrected chi connectivity index (χ2v) is 6.63. The fourth-order valence-electron chi connectivity index (χ4n) is 2.97. The number of carbonyl (C=O) groups is 3. The van der Waals surface area contributed by atoms with Gasteiger partial charge in [0.25, 0.3) is 0 Å². The SMILES string of the molecule is CCCCNC(=O)C1(C(=O)NC2CCN(C(=O)OCC)CC2)CC1. The van der Waals surface area contributed by atoms with E-state index in [9.17, 15) is 14.4 Å². The average molecular weight is 339 g/mol. The molecule has 2 N–H and O–H groups in total. The lowest BCUT2D eigenvalue weighted by molar-refractivity contribution is -0.137. The molecular formula is C17H29N3O4. The number of hydrogen-bond acceptors (Lipinski definition) is 4. The minimum absolute atomic E-state index is 0.0177. The van der Waals surface area contributed by atoms with Gasteiger partial charge in [0.15, 0.2) is 0 Å². The molecule has 2 rings (SSSR count). The Bertz CT molecular complexity index is 468. The van der Waals surface area contributed by atoms with Gasteiger partial charge in [-0.15, -0.1) is 0 Å². The molecular weight excluding hydrogens is 310 g/mol. The fourth-order valence-corrected chi connectivity index (χ4v) is 2.97. The van der Waals surface area contributed by atoms with E-state index in [-0.39, 0.29) is 23.9 Å². The normalized spacial score (nSPS) is 19.5. The van der Waals surface area contributed by atoms with Crippen LogP contribution in [-0.4, -0.2) is 55.1 Å². The van der Waals surface area contributed by atoms with E-state index in [4.69, 9.17) is 4.74 Å². The van der Waals surface area contributed by atoms with E-state index in [0.29, 0.717) is 51.9 Å². The fraction of sp³-hybridized carbons (Fsp3) is 0.824. The van der Waals surface area contributed by atoms with E-state index in [2.05, 4.69) is 17.6 Å². The molecule has 136 valence electrons. The molecule has 7 heteroatoms. The number of piperidine rings is 1. The first-order chi connectivity index (χ1) is 11.5. The zero-order valence-electron chi connectivity index (χ0n) is 14.7. The number of nitrogens with one attached hydrogen (secondary N) is 2. The lowest BCUT2D eigenvalue weighted by atomic mass is 10.0. The molecule has 3 amide bonds. The molecule has 0 bridgehead atoms. The van der Waals surface area contributed by atoms with Crippen molar-refractivity contribution in [3.8, 4) is 0 Å². The largest absolute Gasteiger partial charge is 0.450 e. The zero-order valence-corrected chi connectivity index (χ0v) is 14.7. The Balaban J connectivity index is 1.77. The van der Waals surface area contributed by atoms with Crippen LogP contribution in [0.15, 0.2) is 0 Å². The summed E-state index contributed by atoms with van der Waals surface area (Å²) in [5, 5.41) is 5.88. The van der Waals surface area contributed by atoms with Gasteiger partial charge in [-0.3, -0.25) is 9.59 Å². The average Bonchev–Trinajstić information content (AvgIpc) is 3.38. The lowest BCUT2D eigenvalue weighted by Gasteiger charge is -2.32. The summed E-state index contributed by atoms with van der Waals surface area (Å²) in [5.74, 6) is -0.302. The maximum atomic E-state index is 12.5. The molecule has 7 nitrogen and oxygen atoms in total. The highest BCUT2D eigenvalue weighted by Gasteiger charge is 2.56. The van der Waals surface area contributed by atoms with Crippen molar-refractivity contribution in [2.45, 2.75) is 58.4 Å². The van der Waals surface area contributed by atoms with E-state index in [1.807, 2.05) is 0 Å². The number of likely N-dealkylation sites (tertiary alicyclic amines) is 1. The summed E-state index contributed by atoms with van der Waals surface area (Å²) in [5.41, 5.74) is -0.855. The highest BCUT2D eigenvalue weighted by Crippen LogP contribution is 2.46. The number of hydrogen-bond donors (Lipinski definition) is 2. The molecule has 0 unspecified atom stereocenters. The first-order valence-corrected chi connectivity index (χ1v) is 9.04. The standard InChI is InChI=1S/C17H29N3O4/c1-3-5-10-18-14(21)17(8-9-17)15(22)19-13-6-11-20(12-7-13)16(23)24-4-2/h13H,3-12H2,1-2H3,(H,18,21)(H,19,22). The molecule has 2 aliphatic rings. The lowest BCUT2D eigenvalue weighted by Crippen LogP contribution is -2.50. The van der Waals surface area contributed by atoms with E-state index >= 15 is 0 Å².